The third-order valence-electron chi connectivity index (χ3n) is 5.99. The normalized spacial score (nSPS) is 26.1. The molecule has 4 nitrogen and oxygen atoms in total. The molecule has 1 aromatic carbocycles. The number of anilines is 1. The van der Waals surface area contributed by atoms with E-state index in [1.165, 1.54) is 0 Å². The van der Waals surface area contributed by atoms with Gasteiger partial charge in [0.1, 0.15) is 0 Å². The van der Waals surface area contributed by atoms with Crippen LogP contribution in [0.15, 0.2) is 23.2 Å². The highest BCUT2D eigenvalue weighted by atomic mass is 19.4. The first-order valence-electron chi connectivity index (χ1n) is 10.6. The molecule has 1 aromatic rings. The highest BCUT2D eigenvalue weighted by Gasteiger charge is 2.37. The maximum atomic E-state index is 13.3. The summed E-state index contributed by atoms with van der Waals surface area (Å²) in [7, 11) is 0. The number of halogens is 6. The average molecular weight is 450 g/mol. The smallest absolute Gasteiger partial charge is 0.340 e. The van der Waals surface area contributed by atoms with Crippen LogP contribution in [-0.4, -0.2) is 35.5 Å². The summed E-state index contributed by atoms with van der Waals surface area (Å²) in [5.41, 5.74) is 3.19. The van der Waals surface area contributed by atoms with E-state index in [0.29, 0.717) is 24.6 Å². The van der Waals surface area contributed by atoms with Crippen molar-refractivity contribution in [2.45, 2.75) is 82.3 Å². The van der Waals surface area contributed by atoms with Crippen LogP contribution < -0.4 is 11.1 Å². The molecule has 2 aliphatic rings. The summed E-state index contributed by atoms with van der Waals surface area (Å²) in [6.45, 7) is 2.60. The van der Waals surface area contributed by atoms with Crippen LogP contribution >= 0.6 is 0 Å². The lowest BCUT2D eigenvalue weighted by molar-refractivity contribution is -0.143. The van der Waals surface area contributed by atoms with E-state index in [9.17, 15) is 26.3 Å². The van der Waals surface area contributed by atoms with Crippen molar-refractivity contribution in [2.24, 2.45) is 10.7 Å². The number of benzene rings is 1. The van der Waals surface area contributed by atoms with Gasteiger partial charge in [0.25, 0.3) is 0 Å². The van der Waals surface area contributed by atoms with Crippen molar-refractivity contribution >= 4 is 11.6 Å². The van der Waals surface area contributed by atoms with Crippen LogP contribution in [0, 0.1) is 0 Å². The summed E-state index contributed by atoms with van der Waals surface area (Å²) in [4.78, 5) is 6.64. The van der Waals surface area contributed by atoms with Crippen LogP contribution in [0.1, 0.15) is 63.0 Å². The lowest BCUT2D eigenvalue weighted by Gasteiger charge is -2.37. The Hall–Kier alpha value is -1.97. The van der Waals surface area contributed by atoms with Gasteiger partial charge in [0.05, 0.1) is 17.2 Å². The number of nitrogens with zero attached hydrogens (tertiary/aromatic N) is 2. The summed E-state index contributed by atoms with van der Waals surface area (Å²) in [6, 6.07) is 1.17. The van der Waals surface area contributed by atoms with Gasteiger partial charge in [-0.3, -0.25) is 0 Å². The fraction of sp³-hybridized carbons (Fsp3) is 0.667. The molecule has 1 unspecified atom stereocenters. The molecule has 1 saturated heterocycles. The standard InChI is InChI=1S/C21H28F6N4/c1-13-6-4-5-9-31(13)19(30-18-8-3-2-7-17(18)28)29-16-11-14(20(22,23)24)10-15(12-16)21(25,26)27/h10-13,17-18H,2-9,28H2,1H3,(H,29,30)/t13?,17-,18-/m0/s1. The molecule has 10 heteroatoms. The number of hydrogen-bond acceptors (Lipinski definition) is 2. The van der Waals surface area contributed by atoms with E-state index in [2.05, 4.69) is 5.32 Å². The molecule has 0 spiro atoms. The summed E-state index contributed by atoms with van der Waals surface area (Å²) in [5.74, 6) is 0.294. The minimum Gasteiger partial charge on any atom is -0.340 e. The molecule has 1 aliphatic carbocycles. The van der Waals surface area contributed by atoms with E-state index in [1.54, 1.807) is 0 Å². The van der Waals surface area contributed by atoms with E-state index < -0.39 is 23.5 Å². The second-order valence-corrected chi connectivity index (χ2v) is 8.43. The molecule has 1 aliphatic heterocycles. The molecule has 1 heterocycles. The lowest BCUT2D eigenvalue weighted by Crippen LogP contribution is -2.47. The predicted molar refractivity (Wildman–Crippen MR) is 108 cm³/mol. The maximum Gasteiger partial charge on any atom is 0.416 e. The molecule has 2 fully saturated rings. The van der Waals surface area contributed by atoms with Crippen LogP contribution in [-0.2, 0) is 12.4 Å². The Balaban J connectivity index is 2.00. The van der Waals surface area contributed by atoms with E-state index in [-0.39, 0.29) is 29.9 Å². The number of nitrogens with one attached hydrogen (secondary N) is 1. The fourth-order valence-corrected chi connectivity index (χ4v) is 4.20. The second kappa shape index (κ2) is 9.26. The Morgan fingerprint density at radius 2 is 1.52 bits per heavy atom. The highest BCUT2D eigenvalue weighted by molar-refractivity contribution is 5.94. The van der Waals surface area contributed by atoms with Crippen molar-refractivity contribution in [3.05, 3.63) is 29.3 Å². The van der Waals surface area contributed by atoms with Crippen molar-refractivity contribution in [3.8, 4) is 0 Å². The number of guanidine groups is 1. The average Bonchev–Trinajstić information content (AvgIpc) is 2.68. The minimum atomic E-state index is -4.90. The third kappa shape index (κ3) is 6.05. The van der Waals surface area contributed by atoms with Gasteiger partial charge in [-0.05, 0) is 57.2 Å². The van der Waals surface area contributed by atoms with E-state index in [1.807, 2.05) is 11.8 Å². The van der Waals surface area contributed by atoms with Crippen LogP contribution in [0.3, 0.4) is 0 Å². The molecule has 0 amide bonds. The van der Waals surface area contributed by atoms with Crippen LogP contribution in [0.25, 0.3) is 0 Å². The van der Waals surface area contributed by atoms with Gasteiger partial charge in [0.15, 0.2) is 5.96 Å². The van der Waals surface area contributed by atoms with Crippen molar-refractivity contribution in [3.63, 3.8) is 0 Å². The fourth-order valence-electron chi connectivity index (χ4n) is 4.20. The Bertz CT molecular complexity index is 757. The third-order valence-corrected chi connectivity index (χ3v) is 5.99. The minimum absolute atomic E-state index is 0.0627. The first kappa shape index (κ1) is 23.7. The van der Waals surface area contributed by atoms with Gasteiger partial charge in [-0.2, -0.15) is 26.3 Å². The van der Waals surface area contributed by atoms with Crippen LogP contribution in [0.5, 0.6) is 0 Å². The zero-order chi connectivity index (χ0) is 22.8. The number of likely N-dealkylation sites (tertiary alicyclic amines) is 1. The van der Waals surface area contributed by atoms with Gasteiger partial charge < -0.3 is 16.0 Å². The monoisotopic (exact) mass is 450 g/mol. The van der Waals surface area contributed by atoms with Gasteiger partial charge in [-0.15, -0.1) is 0 Å². The number of alkyl halides is 6. The molecule has 0 radical (unpaired) electrons. The topological polar surface area (TPSA) is 53.6 Å². The van der Waals surface area contributed by atoms with Gasteiger partial charge in [0, 0.05) is 24.3 Å². The molecule has 31 heavy (non-hydrogen) atoms. The summed E-state index contributed by atoms with van der Waals surface area (Å²) >= 11 is 0. The molecule has 3 rings (SSSR count). The number of piperidine rings is 1. The van der Waals surface area contributed by atoms with E-state index in [0.717, 1.165) is 44.9 Å². The van der Waals surface area contributed by atoms with E-state index in [4.69, 9.17) is 10.7 Å². The lowest BCUT2D eigenvalue weighted by atomic mass is 9.91. The summed E-state index contributed by atoms with van der Waals surface area (Å²) < 4.78 is 79.6. The number of aliphatic imine (C=N–C) groups is 1. The SMILES string of the molecule is CC1CCCCN1C(=N[C@H]1CCCC[C@@H]1N)Nc1cc(C(F)(F)F)cc(C(F)(F)F)c1. The predicted octanol–water partition coefficient (Wildman–Crippen LogP) is 5.64. The number of nitrogens with two attached hydrogens (primary N) is 1. The van der Waals surface area contributed by atoms with Crippen molar-refractivity contribution in [1.82, 2.24) is 4.90 Å². The van der Waals surface area contributed by atoms with E-state index >= 15 is 0 Å². The van der Waals surface area contributed by atoms with Crippen LogP contribution in [0.4, 0.5) is 32.0 Å². The summed E-state index contributed by atoms with van der Waals surface area (Å²) in [6.07, 6.45) is -3.60. The Labute approximate surface area is 177 Å². The van der Waals surface area contributed by atoms with Gasteiger partial charge in [0.2, 0.25) is 0 Å². The molecule has 174 valence electrons. The molecule has 3 N–H and O–H groups in total. The van der Waals surface area contributed by atoms with Gasteiger partial charge in [-0.1, -0.05) is 12.8 Å². The van der Waals surface area contributed by atoms with Crippen molar-refractivity contribution in [2.75, 3.05) is 11.9 Å². The Kier molecular flexibility index (Phi) is 7.08. The van der Waals surface area contributed by atoms with Crippen molar-refractivity contribution in [1.29, 1.82) is 0 Å². The zero-order valence-electron chi connectivity index (χ0n) is 17.4. The van der Waals surface area contributed by atoms with Gasteiger partial charge >= 0.3 is 12.4 Å². The van der Waals surface area contributed by atoms with Gasteiger partial charge in [-0.25, -0.2) is 4.99 Å². The molecule has 0 bridgehead atoms. The zero-order valence-corrected chi connectivity index (χ0v) is 17.4. The Morgan fingerprint density at radius 1 is 0.935 bits per heavy atom. The quantitative estimate of drug-likeness (QED) is 0.349. The first-order chi connectivity index (χ1) is 14.4. The molecular weight excluding hydrogens is 422 g/mol. The molecular formula is C21H28F6N4. The number of rotatable bonds is 2. The first-order valence-corrected chi connectivity index (χ1v) is 10.6. The Morgan fingerprint density at radius 3 is 2.06 bits per heavy atom. The van der Waals surface area contributed by atoms with Crippen LogP contribution in [0.2, 0.25) is 0 Å². The molecule has 3 atom stereocenters. The summed E-state index contributed by atoms with van der Waals surface area (Å²) in [5, 5.41) is 2.79. The number of hydrogen-bond donors (Lipinski definition) is 2. The molecule has 0 aromatic heterocycles. The maximum absolute atomic E-state index is 13.3. The molecule has 1 saturated carbocycles. The largest absolute Gasteiger partial charge is 0.416 e. The second-order valence-electron chi connectivity index (χ2n) is 8.43. The highest BCUT2D eigenvalue weighted by Crippen LogP contribution is 2.37. The van der Waals surface area contributed by atoms with Crippen molar-refractivity contribution < 1.29 is 26.3 Å².